The van der Waals surface area contributed by atoms with Crippen molar-refractivity contribution in [3.8, 4) is 0 Å². The molecular formula is C7H12O3. The molecule has 3 nitrogen and oxygen atoms in total. The van der Waals surface area contributed by atoms with Crippen LogP contribution in [0.25, 0.3) is 0 Å². The zero-order valence-electron chi connectivity index (χ0n) is 6.16. The molecule has 3 heteroatoms. The van der Waals surface area contributed by atoms with Crippen molar-refractivity contribution in [1.29, 1.82) is 0 Å². The lowest BCUT2D eigenvalue weighted by Gasteiger charge is -2.13. The summed E-state index contributed by atoms with van der Waals surface area (Å²) in [4.78, 5) is 10.5. The molecular weight excluding hydrogens is 132 g/mol. The molecule has 0 aliphatic rings. The second kappa shape index (κ2) is 3.49. The van der Waals surface area contributed by atoms with Gasteiger partial charge in [-0.05, 0) is 13.8 Å². The molecule has 0 heterocycles. The van der Waals surface area contributed by atoms with Crippen LogP contribution in [0.1, 0.15) is 13.8 Å². The second-order valence-electron chi connectivity index (χ2n) is 2.27. The molecule has 0 saturated carbocycles. The molecule has 0 aromatic rings. The Morgan fingerprint density at radius 3 is 2.00 bits per heavy atom. The van der Waals surface area contributed by atoms with Gasteiger partial charge in [0.15, 0.2) is 5.78 Å². The Morgan fingerprint density at radius 1 is 1.50 bits per heavy atom. The fourth-order valence-corrected chi connectivity index (χ4v) is 0.499. The number of hydrogen-bond acceptors (Lipinski definition) is 3. The number of aliphatic hydroxyl groups excluding tert-OH is 2. The minimum absolute atomic E-state index is 0.0509. The molecule has 2 atom stereocenters. The predicted octanol–water partition coefficient (Wildman–Crippen LogP) is -0.127. The van der Waals surface area contributed by atoms with Crippen LogP contribution in [-0.4, -0.2) is 28.2 Å². The highest BCUT2D eigenvalue weighted by Gasteiger charge is 2.17. The van der Waals surface area contributed by atoms with Crippen molar-refractivity contribution in [3.05, 3.63) is 12.2 Å². The van der Waals surface area contributed by atoms with E-state index in [1.54, 1.807) is 0 Å². The zero-order chi connectivity index (χ0) is 8.31. The van der Waals surface area contributed by atoms with Gasteiger partial charge in [0.05, 0.1) is 6.10 Å². The molecule has 0 aliphatic carbocycles. The van der Waals surface area contributed by atoms with Gasteiger partial charge in [-0.15, -0.1) is 0 Å². The predicted molar refractivity (Wildman–Crippen MR) is 37.5 cm³/mol. The molecule has 0 saturated heterocycles. The normalized spacial score (nSPS) is 16.0. The van der Waals surface area contributed by atoms with Gasteiger partial charge < -0.3 is 10.2 Å². The van der Waals surface area contributed by atoms with Crippen LogP contribution >= 0.6 is 0 Å². The lowest BCUT2D eigenvalue weighted by Crippen LogP contribution is -2.27. The van der Waals surface area contributed by atoms with Crippen LogP contribution < -0.4 is 0 Å². The van der Waals surface area contributed by atoms with Gasteiger partial charge in [-0.3, -0.25) is 4.79 Å². The van der Waals surface area contributed by atoms with E-state index in [4.69, 9.17) is 10.2 Å². The fraction of sp³-hybridized carbons (Fsp3) is 0.571. The Kier molecular flexibility index (Phi) is 3.25. The van der Waals surface area contributed by atoms with Crippen molar-refractivity contribution >= 4 is 5.78 Å². The average molecular weight is 144 g/mol. The number of carbonyl (C=O) groups excluding carboxylic acids is 1. The first kappa shape index (κ1) is 9.33. The molecule has 2 N–H and O–H groups in total. The third kappa shape index (κ3) is 2.29. The molecule has 0 radical (unpaired) electrons. The maximum atomic E-state index is 10.5. The van der Waals surface area contributed by atoms with Crippen LogP contribution in [0.4, 0.5) is 0 Å². The summed E-state index contributed by atoms with van der Waals surface area (Å²) in [5, 5.41) is 17.8. The van der Waals surface area contributed by atoms with Crippen molar-refractivity contribution < 1.29 is 15.0 Å². The maximum Gasteiger partial charge on any atom is 0.157 e. The topological polar surface area (TPSA) is 57.5 Å². The largest absolute Gasteiger partial charge is 0.390 e. The van der Waals surface area contributed by atoms with Crippen molar-refractivity contribution in [1.82, 2.24) is 0 Å². The molecule has 0 fully saturated rings. The van der Waals surface area contributed by atoms with E-state index in [1.165, 1.54) is 13.8 Å². The smallest absolute Gasteiger partial charge is 0.157 e. The lowest BCUT2D eigenvalue weighted by molar-refractivity contribution is -0.115. The van der Waals surface area contributed by atoms with Gasteiger partial charge in [-0.2, -0.15) is 0 Å². The SMILES string of the molecule is C=C(C(C)=O)C(O)C(C)O. The first-order valence-corrected chi connectivity index (χ1v) is 3.02. The van der Waals surface area contributed by atoms with Crippen LogP contribution in [0, 0.1) is 0 Å². The van der Waals surface area contributed by atoms with Gasteiger partial charge in [0, 0.05) is 5.57 Å². The number of aliphatic hydroxyl groups is 2. The maximum absolute atomic E-state index is 10.5. The first-order chi connectivity index (χ1) is 4.46. The molecule has 0 spiro atoms. The molecule has 0 aliphatic heterocycles. The second-order valence-corrected chi connectivity index (χ2v) is 2.27. The highest BCUT2D eigenvalue weighted by atomic mass is 16.3. The number of ketones is 1. The summed E-state index contributed by atoms with van der Waals surface area (Å²) in [7, 11) is 0. The number of hydrogen-bond donors (Lipinski definition) is 2. The third-order valence-corrected chi connectivity index (χ3v) is 1.27. The first-order valence-electron chi connectivity index (χ1n) is 3.02. The van der Waals surface area contributed by atoms with Crippen LogP contribution in [0.2, 0.25) is 0 Å². The lowest BCUT2D eigenvalue weighted by atomic mass is 10.0. The molecule has 58 valence electrons. The van der Waals surface area contributed by atoms with Gasteiger partial charge in [-0.1, -0.05) is 6.58 Å². The standard InChI is InChI=1S/C7H12O3/c1-4(5(2)8)7(10)6(3)9/h6-7,9-10H,1H2,2-3H3. The monoisotopic (exact) mass is 144 g/mol. The fourth-order valence-electron chi connectivity index (χ4n) is 0.499. The molecule has 0 aromatic heterocycles. The number of carbonyl (C=O) groups is 1. The Hall–Kier alpha value is -0.670. The zero-order valence-corrected chi connectivity index (χ0v) is 6.16. The number of Topliss-reactive ketones (excluding diaryl/α,β-unsaturated/α-hetero) is 1. The van der Waals surface area contributed by atoms with Crippen molar-refractivity contribution in [2.45, 2.75) is 26.1 Å². The van der Waals surface area contributed by atoms with Crippen LogP contribution in [0.3, 0.4) is 0 Å². The number of rotatable bonds is 3. The van der Waals surface area contributed by atoms with Crippen molar-refractivity contribution in [2.75, 3.05) is 0 Å². The molecule has 0 bridgehead atoms. The van der Waals surface area contributed by atoms with E-state index in [1.807, 2.05) is 0 Å². The van der Waals surface area contributed by atoms with E-state index in [0.29, 0.717) is 0 Å². The van der Waals surface area contributed by atoms with Gasteiger partial charge >= 0.3 is 0 Å². The summed E-state index contributed by atoms with van der Waals surface area (Å²) in [6, 6.07) is 0. The van der Waals surface area contributed by atoms with Crippen molar-refractivity contribution in [2.24, 2.45) is 0 Å². The third-order valence-electron chi connectivity index (χ3n) is 1.27. The van der Waals surface area contributed by atoms with Crippen molar-refractivity contribution in [3.63, 3.8) is 0 Å². The van der Waals surface area contributed by atoms with E-state index in [2.05, 4.69) is 6.58 Å². The summed E-state index contributed by atoms with van der Waals surface area (Å²) in [5.74, 6) is -0.298. The average Bonchev–Trinajstić information content (AvgIpc) is 1.84. The Labute approximate surface area is 60.0 Å². The van der Waals surface area contributed by atoms with Gasteiger partial charge in [0.25, 0.3) is 0 Å². The molecule has 0 aromatic carbocycles. The van der Waals surface area contributed by atoms with E-state index in [9.17, 15) is 4.79 Å². The van der Waals surface area contributed by atoms with E-state index in [0.717, 1.165) is 0 Å². The Morgan fingerprint density at radius 2 is 1.90 bits per heavy atom. The molecule has 0 rings (SSSR count). The molecule has 10 heavy (non-hydrogen) atoms. The molecule has 2 unspecified atom stereocenters. The summed E-state index contributed by atoms with van der Waals surface area (Å²) in [5.41, 5.74) is 0.0509. The summed E-state index contributed by atoms with van der Waals surface area (Å²) < 4.78 is 0. The summed E-state index contributed by atoms with van der Waals surface area (Å²) in [6.45, 7) is 6.02. The van der Waals surface area contributed by atoms with Crippen LogP contribution in [0.5, 0.6) is 0 Å². The Bertz CT molecular complexity index is 149. The van der Waals surface area contributed by atoms with E-state index >= 15 is 0 Å². The van der Waals surface area contributed by atoms with E-state index in [-0.39, 0.29) is 11.4 Å². The quantitative estimate of drug-likeness (QED) is 0.542. The van der Waals surface area contributed by atoms with Crippen LogP contribution in [-0.2, 0) is 4.79 Å². The van der Waals surface area contributed by atoms with Gasteiger partial charge in [-0.25, -0.2) is 0 Å². The summed E-state index contributed by atoms with van der Waals surface area (Å²) in [6.07, 6.45) is -2.06. The minimum atomic E-state index is -1.13. The van der Waals surface area contributed by atoms with Crippen LogP contribution in [0.15, 0.2) is 12.2 Å². The minimum Gasteiger partial charge on any atom is -0.390 e. The molecule has 0 amide bonds. The summed E-state index contributed by atoms with van der Waals surface area (Å²) >= 11 is 0. The van der Waals surface area contributed by atoms with E-state index < -0.39 is 12.2 Å². The van der Waals surface area contributed by atoms with Gasteiger partial charge in [0.2, 0.25) is 0 Å². The highest BCUT2D eigenvalue weighted by molar-refractivity contribution is 5.93. The van der Waals surface area contributed by atoms with Gasteiger partial charge in [0.1, 0.15) is 6.10 Å². The Balaban J connectivity index is 4.08. The highest BCUT2D eigenvalue weighted by Crippen LogP contribution is 2.04.